The molecule has 6 N–H and O–H groups in total. The Kier molecular flexibility index (Phi) is 6.66. The number of ether oxygens (including phenoxy) is 1. The van der Waals surface area contributed by atoms with Crippen molar-refractivity contribution in [3.8, 4) is 0 Å². The summed E-state index contributed by atoms with van der Waals surface area (Å²) in [5.41, 5.74) is 5.12. The van der Waals surface area contributed by atoms with Crippen LogP contribution in [0.1, 0.15) is 0 Å². The zero-order chi connectivity index (χ0) is 11.9. The minimum atomic E-state index is -4.25. The average Bonchev–Trinajstić information content (AvgIpc) is 2.08. The van der Waals surface area contributed by atoms with E-state index in [-0.39, 0.29) is 19.8 Å². The molecule has 0 aromatic heterocycles. The molecule has 0 aliphatic rings. The molecule has 0 amide bonds. The second-order valence-electron chi connectivity index (χ2n) is 2.78. The Bertz CT molecular complexity index is 242. The van der Waals surface area contributed by atoms with Gasteiger partial charge in [-0.1, -0.05) is 0 Å². The first kappa shape index (κ1) is 14.5. The lowest BCUT2D eigenvalue weighted by molar-refractivity contribution is -0.141. The van der Waals surface area contributed by atoms with Crippen molar-refractivity contribution in [2.45, 2.75) is 6.04 Å². The van der Waals surface area contributed by atoms with Crippen LogP contribution in [0.25, 0.3) is 0 Å². The minimum Gasteiger partial charge on any atom is -0.480 e. The molecule has 0 aliphatic carbocycles. The molecule has 90 valence electrons. The van der Waals surface area contributed by atoms with Crippen LogP contribution in [0, 0.1) is 0 Å². The van der Waals surface area contributed by atoms with E-state index in [0.717, 1.165) is 0 Å². The van der Waals surface area contributed by atoms with E-state index in [1.807, 2.05) is 0 Å². The summed E-state index contributed by atoms with van der Waals surface area (Å²) in [6, 6.07) is -1.15. The van der Waals surface area contributed by atoms with Gasteiger partial charge in [0.05, 0.1) is 19.5 Å². The Hall–Kier alpha value is -0.500. The average molecular weight is 242 g/mol. The largest absolute Gasteiger partial charge is 0.480 e. The van der Waals surface area contributed by atoms with E-state index in [1.165, 1.54) is 0 Å². The highest BCUT2D eigenvalue weighted by atomic mass is 31.2. The summed E-state index contributed by atoms with van der Waals surface area (Å²) in [4.78, 5) is 27.6. The van der Waals surface area contributed by atoms with Crippen molar-refractivity contribution in [1.29, 1.82) is 0 Å². The molecule has 9 heteroatoms. The van der Waals surface area contributed by atoms with E-state index >= 15 is 0 Å². The zero-order valence-corrected chi connectivity index (χ0v) is 8.89. The van der Waals surface area contributed by atoms with E-state index in [0.29, 0.717) is 0 Å². The van der Waals surface area contributed by atoms with E-state index in [4.69, 9.17) is 25.4 Å². The molecule has 0 aromatic carbocycles. The van der Waals surface area contributed by atoms with Crippen LogP contribution in [0.5, 0.6) is 0 Å². The van der Waals surface area contributed by atoms with Gasteiger partial charge in [-0.15, -0.1) is 0 Å². The maximum absolute atomic E-state index is 10.6. The van der Waals surface area contributed by atoms with Crippen LogP contribution in [-0.2, 0) is 14.1 Å². The zero-order valence-electron chi connectivity index (χ0n) is 8.00. The third-order valence-electron chi connectivity index (χ3n) is 1.39. The lowest BCUT2D eigenvalue weighted by Gasteiger charge is -2.14. The number of carbonyl (C=O) groups is 1. The highest BCUT2D eigenvalue weighted by Gasteiger charge is 2.21. The van der Waals surface area contributed by atoms with Gasteiger partial charge in [0, 0.05) is 6.54 Å². The standard InChI is InChI=1S/C6H15N2O6P/c7-1-2-14-3-5(6(9)10)8-4-15(11,12)13/h5,8H,1-4,7H2,(H,9,10)(H2,11,12,13). The van der Waals surface area contributed by atoms with Crippen LogP contribution >= 0.6 is 7.60 Å². The number of hydrogen-bond acceptors (Lipinski definition) is 5. The Morgan fingerprint density at radius 2 is 2.13 bits per heavy atom. The fraction of sp³-hybridized carbons (Fsp3) is 0.833. The van der Waals surface area contributed by atoms with Gasteiger partial charge in [-0.05, 0) is 0 Å². The Labute approximate surface area is 86.6 Å². The fourth-order valence-corrected chi connectivity index (χ4v) is 1.19. The monoisotopic (exact) mass is 242 g/mol. The van der Waals surface area contributed by atoms with Crippen LogP contribution in [0.4, 0.5) is 0 Å². The summed E-state index contributed by atoms with van der Waals surface area (Å²) in [5, 5.41) is 10.8. The third kappa shape index (κ3) is 8.49. The normalized spacial score (nSPS) is 13.8. The number of carboxylic acids is 1. The highest BCUT2D eigenvalue weighted by Crippen LogP contribution is 2.32. The summed E-state index contributed by atoms with van der Waals surface area (Å²) in [7, 11) is -4.25. The van der Waals surface area contributed by atoms with Gasteiger partial charge in [0.1, 0.15) is 6.04 Å². The Morgan fingerprint density at radius 1 is 1.53 bits per heavy atom. The van der Waals surface area contributed by atoms with Gasteiger partial charge >= 0.3 is 13.6 Å². The van der Waals surface area contributed by atoms with Gasteiger partial charge in [-0.25, -0.2) is 0 Å². The van der Waals surface area contributed by atoms with E-state index < -0.39 is 25.9 Å². The van der Waals surface area contributed by atoms with Gasteiger partial charge in [0.15, 0.2) is 0 Å². The molecule has 0 heterocycles. The van der Waals surface area contributed by atoms with Crippen molar-refractivity contribution in [2.24, 2.45) is 5.73 Å². The molecular formula is C6H15N2O6P. The maximum Gasteiger partial charge on any atom is 0.339 e. The summed E-state index contributed by atoms with van der Waals surface area (Å²) < 4.78 is 15.3. The number of rotatable bonds is 8. The van der Waals surface area contributed by atoms with E-state index in [2.05, 4.69) is 5.32 Å². The summed E-state index contributed by atoms with van der Waals surface area (Å²) in [6.45, 7) is 0.263. The maximum atomic E-state index is 10.6. The Balaban J connectivity index is 3.95. The molecular weight excluding hydrogens is 227 g/mol. The summed E-state index contributed by atoms with van der Waals surface area (Å²) >= 11 is 0. The first-order valence-electron chi connectivity index (χ1n) is 4.15. The molecule has 0 saturated carbocycles. The van der Waals surface area contributed by atoms with Gasteiger partial charge in [0.2, 0.25) is 0 Å². The van der Waals surface area contributed by atoms with Gasteiger partial charge in [0.25, 0.3) is 0 Å². The number of nitrogens with two attached hydrogens (primary N) is 1. The first-order chi connectivity index (χ1) is 6.87. The molecule has 0 aromatic rings. The second kappa shape index (κ2) is 6.89. The lowest BCUT2D eigenvalue weighted by atomic mass is 10.3. The van der Waals surface area contributed by atoms with Crippen molar-refractivity contribution in [3.05, 3.63) is 0 Å². The molecule has 0 rings (SSSR count). The van der Waals surface area contributed by atoms with Crippen LogP contribution in [0.3, 0.4) is 0 Å². The Morgan fingerprint density at radius 3 is 2.53 bits per heavy atom. The molecule has 1 unspecified atom stereocenters. The quantitative estimate of drug-likeness (QED) is 0.246. The topological polar surface area (TPSA) is 142 Å². The van der Waals surface area contributed by atoms with Crippen LogP contribution < -0.4 is 11.1 Å². The smallest absolute Gasteiger partial charge is 0.339 e. The predicted molar refractivity (Wildman–Crippen MR) is 51.3 cm³/mol. The first-order valence-corrected chi connectivity index (χ1v) is 5.95. The predicted octanol–water partition coefficient (Wildman–Crippen LogP) is -1.86. The molecule has 0 saturated heterocycles. The minimum absolute atomic E-state index is 0.188. The van der Waals surface area contributed by atoms with Crippen LogP contribution in [0.15, 0.2) is 0 Å². The molecule has 0 fully saturated rings. The van der Waals surface area contributed by atoms with Gasteiger partial charge in [-0.3, -0.25) is 14.7 Å². The number of nitrogens with one attached hydrogen (secondary N) is 1. The molecule has 8 nitrogen and oxygen atoms in total. The SMILES string of the molecule is NCCOCC(NCP(=O)(O)O)C(=O)O. The number of carboxylic acid groups (broad SMARTS) is 1. The van der Waals surface area contributed by atoms with E-state index in [9.17, 15) is 9.36 Å². The molecule has 0 spiro atoms. The van der Waals surface area contributed by atoms with Gasteiger partial charge < -0.3 is 25.4 Å². The third-order valence-corrected chi connectivity index (χ3v) is 1.98. The van der Waals surface area contributed by atoms with Gasteiger partial charge in [-0.2, -0.15) is 0 Å². The molecule has 0 radical (unpaired) electrons. The molecule has 0 aliphatic heterocycles. The number of aliphatic carboxylic acids is 1. The summed E-state index contributed by atoms with van der Waals surface area (Å²) in [6.07, 6.45) is -0.698. The molecule has 0 bridgehead atoms. The summed E-state index contributed by atoms with van der Waals surface area (Å²) in [5.74, 6) is -1.24. The number of hydrogen-bond donors (Lipinski definition) is 5. The van der Waals surface area contributed by atoms with Crippen molar-refractivity contribution < 1.29 is 29.0 Å². The highest BCUT2D eigenvalue weighted by molar-refractivity contribution is 7.51. The van der Waals surface area contributed by atoms with Crippen molar-refractivity contribution >= 4 is 13.6 Å². The van der Waals surface area contributed by atoms with Crippen LogP contribution in [0.2, 0.25) is 0 Å². The van der Waals surface area contributed by atoms with Crippen molar-refractivity contribution in [1.82, 2.24) is 5.32 Å². The van der Waals surface area contributed by atoms with Crippen molar-refractivity contribution in [2.75, 3.05) is 26.0 Å². The van der Waals surface area contributed by atoms with Crippen molar-refractivity contribution in [3.63, 3.8) is 0 Å². The van der Waals surface area contributed by atoms with Crippen LogP contribution in [-0.4, -0.2) is 52.9 Å². The molecule has 15 heavy (non-hydrogen) atoms. The van der Waals surface area contributed by atoms with E-state index in [1.54, 1.807) is 0 Å². The second-order valence-corrected chi connectivity index (χ2v) is 4.43. The fourth-order valence-electron chi connectivity index (χ4n) is 0.731. The lowest BCUT2D eigenvalue weighted by Crippen LogP contribution is -2.41. The molecule has 1 atom stereocenters.